The summed E-state index contributed by atoms with van der Waals surface area (Å²) in [4.78, 5) is 0. The molecular weight excluding hydrogens is 258 g/mol. The van der Waals surface area contributed by atoms with Crippen LogP contribution in [-0.2, 0) is 4.74 Å². The van der Waals surface area contributed by atoms with Crippen LogP contribution in [0.25, 0.3) is 0 Å². The summed E-state index contributed by atoms with van der Waals surface area (Å²) in [7, 11) is 0. The van der Waals surface area contributed by atoms with Crippen molar-refractivity contribution in [2.75, 3.05) is 19.8 Å². The third-order valence-electron chi connectivity index (χ3n) is 3.31. The van der Waals surface area contributed by atoms with Crippen LogP contribution in [0.3, 0.4) is 0 Å². The molecule has 2 rings (SSSR count). The van der Waals surface area contributed by atoms with E-state index in [4.69, 9.17) is 4.74 Å². The van der Waals surface area contributed by atoms with E-state index < -0.39 is 0 Å². The van der Waals surface area contributed by atoms with Crippen LogP contribution in [0.1, 0.15) is 31.0 Å². The van der Waals surface area contributed by atoms with Gasteiger partial charge < -0.3 is 10.1 Å². The van der Waals surface area contributed by atoms with Crippen molar-refractivity contribution in [3.8, 4) is 0 Å². The van der Waals surface area contributed by atoms with E-state index in [1.54, 1.807) is 0 Å². The van der Waals surface area contributed by atoms with Gasteiger partial charge in [0.1, 0.15) is 0 Å². The van der Waals surface area contributed by atoms with Crippen LogP contribution >= 0.6 is 0 Å². The van der Waals surface area contributed by atoms with Crippen LogP contribution in [0.2, 0.25) is 0 Å². The van der Waals surface area contributed by atoms with Gasteiger partial charge in [0.05, 0.1) is 12.6 Å². The molecule has 1 N–H and O–H groups in total. The summed E-state index contributed by atoms with van der Waals surface area (Å²) in [5.74, 6) is 0.587. The van der Waals surface area contributed by atoms with Crippen molar-refractivity contribution in [3.63, 3.8) is 0 Å². The number of hydrogen-bond acceptors (Lipinski definition) is 2. The van der Waals surface area contributed by atoms with E-state index in [2.05, 4.69) is 79.8 Å². The van der Waals surface area contributed by atoms with Gasteiger partial charge in [0, 0.05) is 13.2 Å². The molecule has 0 unspecified atom stereocenters. The monoisotopic (exact) mass is 283 g/mol. The minimum Gasteiger partial charge on any atom is -0.380 e. The van der Waals surface area contributed by atoms with Crippen LogP contribution in [0.5, 0.6) is 0 Å². The smallest absolute Gasteiger partial charge is 0.0591 e. The Hall–Kier alpha value is -1.64. The summed E-state index contributed by atoms with van der Waals surface area (Å²) < 4.78 is 5.65. The number of rotatable bonds is 8. The normalized spacial score (nSPS) is 11.2. The molecule has 0 aliphatic carbocycles. The topological polar surface area (TPSA) is 21.3 Å². The maximum atomic E-state index is 5.65. The number of nitrogens with one attached hydrogen (secondary N) is 1. The summed E-state index contributed by atoms with van der Waals surface area (Å²) in [6.07, 6.45) is 0. The molecule has 0 saturated heterocycles. The molecule has 0 fully saturated rings. The van der Waals surface area contributed by atoms with E-state index >= 15 is 0 Å². The van der Waals surface area contributed by atoms with Crippen molar-refractivity contribution in [1.82, 2.24) is 5.32 Å². The average molecular weight is 283 g/mol. The molecule has 0 spiro atoms. The highest BCUT2D eigenvalue weighted by atomic mass is 16.5. The van der Waals surface area contributed by atoms with E-state index in [-0.39, 0.29) is 6.04 Å². The van der Waals surface area contributed by atoms with Crippen molar-refractivity contribution >= 4 is 0 Å². The molecule has 0 saturated carbocycles. The highest BCUT2D eigenvalue weighted by Gasteiger charge is 2.12. The Morgan fingerprint density at radius 3 is 1.86 bits per heavy atom. The Balaban J connectivity index is 1.97. The van der Waals surface area contributed by atoms with E-state index in [1.165, 1.54) is 11.1 Å². The first-order valence-corrected chi connectivity index (χ1v) is 7.68. The zero-order valence-electron chi connectivity index (χ0n) is 13.0. The molecule has 2 heteroatoms. The number of ether oxygens (including phenoxy) is 1. The molecule has 0 aliphatic rings. The fraction of sp³-hybridized carbons (Fsp3) is 0.368. The quantitative estimate of drug-likeness (QED) is 0.738. The fourth-order valence-corrected chi connectivity index (χ4v) is 2.31. The van der Waals surface area contributed by atoms with Crippen molar-refractivity contribution in [1.29, 1.82) is 0 Å². The molecule has 0 aromatic heterocycles. The highest BCUT2D eigenvalue weighted by molar-refractivity contribution is 5.31. The Morgan fingerprint density at radius 2 is 1.38 bits per heavy atom. The van der Waals surface area contributed by atoms with Gasteiger partial charge in [0.2, 0.25) is 0 Å². The van der Waals surface area contributed by atoms with Gasteiger partial charge in [0.25, 0.3) is 0 Å². The van der Waals surface area contributed by atoms with Crippen molar-refractivity contribution in [2.45, 2.75) is 19.9 Å². The highest BCUT2D eigenvalue weighted by Crippen LogP contribution is 2.21. The van der Waals surface area contributed by atoms with Gasteiger partial charge in [-0.1, -0.05) is 74.5 Å². The molecule has 2 aromatic carbocycles. The number of hydrogen-bond donors (Lipinski definition) is 1. The zero-order valence-corrected chi connectivity index (χ0v) is 13.0. The van der Waals surface area contributed by atoms with Gasteiger partial charge in [-0.05, 0) is 17.0 Å². The molecule has 2 aromatic rings. The third kappa shape index (κ3) is 5.33. The molecule has 112 valence electrons. The Morgan fingerprint density at radius 1 is 0.857 bits per heavy atom. The van der Waals surface area contributed by atoms with Crippen molar-refractivity contribution in [3.05, 3.63) is 71.8 Å². The lowest BCUT2D eigenvalue weighted by Crippen LogP contribution is -2.26. The lowest BCUT2D eigenvalue weighted by atomic mass is 9.99. The van der Waals surface area contributed by atoms with Crippen LogP contribution in [0, 0.1) is 5.92 Å². The summed E-state index contributed by atoms with van der Waals surface area (Å²) in [5.41, 5.74) is 2.57. The molecule has 21 heavy (non-hydrogen) atoms. The second-order valence-corrected chi connectivity index (χ2v) is 5.68. The second kappa shape index (κ2) is 8.60. The van der Waals surface area contributed by atoms with Gasteiger partial charge in [0.15, 0.2) is 0 Å². The summed E-state index contributed by atoms with van der Waals surface area (Å²) in [5, 5.41) is 3.60. The minimum absolute atomic E-state index is 0.218. The van der Waals surface area contributed by atoms with Gasteiger partial charge in [-0.2, -0.15) is 0 Å². The maximum Gasteiger partial charge on any atom is 0.0591 e. The SMILES string of the molecule is CC(C)COCCNC(c1ccccc1)c1ccccc1. The van der Waals surface area contributed by atoms with Crippen molar-refractivity contribution in [2.24, 2.45) is 5.92 Å². The van der Waals surface area contributed by atoms with Crippen LogP contribution in [0.15, 0.2) is 60.7 Å². The molecular formula is C19H25NO. The molecule has 0 bridgehead atoms. The minimum atomic E-state index is 0.218. The average Bonchev–Trinajstić information content (AvgIpc) is 2.52. The van der Waals surface area contributed by atoms with Gasteiger partial charge in [-0.3, -0.25) is 0 Å². The summed E-state index contributed by atoms with van der Waals surface area (Å²) >= 11 is 0. The lowest BCUT2D eigenvalue weighted by Gasteiger charge is -2.20. The van der Waals surface area contributed by atoms with Crippen LogP contribution in [-0.4, -0.2) is 19.8 Å². The predicted octanol–water partition coefficient (Wildman–Crippen LogP) is 4.04. The Bertz CT molecular complexity index is 456. The molecule has 0 radical (unpaired) electrons. The first-order chi connectivity index (χ1) is 10.3. The molecule has 0 aliphatic heterocycles. The van der Waals surface area contributed by atoms with Gasteiger partial charge in [-0.15, -0.1) is 0 Å². The fourth-order valence-electron chi connectivity index (χ4n) is 2.31. The van der Waals surface area contributed by atoms with E-state index in [0.717, 1.165) is 19.8 Å². The third-order valence-corrected chi connectivity index (χ3v) is 3.31. The first kappa shape index (κ1) is 15.7. The largest absolute Gasteiger partial charge is 0.380 e. The standard InChI is InChI=1S/C19H25NO/c1-16(2)15-21-14-13-20-19(17-9-5-3-6-10-17)18-11-7-4-8-12-18/h3-12,16,19-20H,13-15H2,1-2H3. The zero-order chi connectivity index (χ0) is 14.9. The predicted molar refractivity (Wildman–Crippen MR) is 88.4 cm³/mol. The number of benzene rings is 2. The van der Waals surface area contributed by atoms with Crippen LogP contribution < -0.4 is 5.32 Å². The molecule has 0 atom stereocenters. The first-order valence-electron chi connectivity index (χ1n) is 7.68. The molecule has 0 heterocycles. The molecule has 0 amide bonds. The maximum absolute atomic E-state index is 5.65. The van der Waals surface area contributed by atoms with E-state index in [0.29, 0.717) is 5.92 Å². The summed E-state index contributed by atoms with van der Waals surface area (Å²) in [6, 6.07) is 21.3. The van der Waals surface area contributed by atoms with Gasteiger partial charge >= 0.3 is 0 Å². The second-order valence-electron chi connectivity index (χ2n) is 5.68. The van der Waals surface area contributed by atoms with E-state index in [1.807, 2.05) is 0 Å². The van der Waals surface area contributed by atoms with Gasteiger partial charge in [-0.25, -0.2) is 0 Å². The van der Waals surface area contributed by atoms with Crippen LogP contribution in [0.4, 0.5) is 0 Å². The molecule has 2 nitrogen and oxygen atoms in total. The Labute approximate surface area is 128 Å². The lowest BCUT2D eigenvalue weighted by molar-refractivity contribution is 0.111. The van der Waals surface area contributed by atoms with Crippen molar-refractivity contribution < 1.29 is 4.74 Å². The van der Waals surface area contributed by atoms with E-state index in [9.17, 15) is 0 Å². The summed E-state index contributed by atoms with van der Waals surface area (Å²) in [6.45, 7) is 6.76. The Kier molecular flexibility index (Phi) is 6.45.